The van der Waals surface area contributed by atoms with Gasteiger partial charge in [-0.2, -0.15) is 0 Å². The van der Waals surface area contributed by atoms with Crippen LogP contribution in [0.25, 0.3) is 0 Å². The fraction of sp³-hybridized carbons (Fsp3) is 0.316. The lowest BCUT2D eigenvalue weighted by molar-refractivity contribution is 0.0481. The van der Waals surface area contributed by atoms with E-state index < -0.39 is 11.9 Å². The van der Waals surface area contributed by atoms with Gasteiger partial charge in [0.25, 0.3) is 11.8 Å². The normalized spacial score (nSPS) is 21.4. The van der Waals surface area contributed by atoms with Gasteiger partial charge in [-0.1, -0.05) is 6.92 Å². The highest BCUT2D eigenvalue weighted by atomic mass is 16.5. The Bertz CT molecular complexity index is 855. The van der Waals surface area contributed by atoms with Gasteiger partial charge in [-0.05, 0) is 48.6 Å². The first-order valence-electron chi connectivity index (χ1n) is 8.24. The number of esters is 1. The molecule has 1 aromatic carbocycles. The molecule has 2 amide bonds. The molecule has 0 N–H and O–H groups in total. The first kappa shape index (κ1) is 15.6. The molecule has 2 aliphatic rings. The molecule has 1 fully saturated rings. The Labute approximate surface area is 144 Å². The Morgan fingerprint density at radius 2 is 2.00 bits per heavy atom. The van der Waals surface area contributed by atoms with E-state index in [2.05, 4.69) is 6.92 Å². The van der Waals surface area contributed by atoms with Crippen molar-refractivity contribution < 1.29 is 23.5 Å². The molecule has 4 rings (SSSR count). The molecular weight excluding hydrogens is 322 g/mol. The molecule has 1 aromatic heterocycles. The van der Waals surface area contributed by atoms with Crippen molar-refractivity contribution >= 4 is 17.8 Å². The molecule has 2 aromatic rings. The van der Waals surface area contributed by atoms with Gasteiger partial charge in [-0.3, -0.25) is 14.5 Å². The van der Waals surface area contributed by atoms with Crippen LogP contribution in [-0.4, -0.2) is 29.3 Å². The van der Waals surface area contributed by atoms with Crippen molar-refractivity contribution in [3.8, 4) is 0 Å². The second-order valence-corrected chi connectivity index (χ2v) is 6.61. The van der Waals surface area contributed by atoms with Crippen LogP contribution in [0.2, 0.25) is 0 Å². The van der Waals surface area contributed by atoms with Gasteiger partial charge in [0.2, 0.25) is 0 Å². The Morgan fingerprint density at radius 1 is 1.24 bits per heavy atom. The van der Waals surface area contributed by atoms with Crippen molar-refractivity contribution in [2.45, 2.75) is 19.9 Å². The predicted octanol–water partition coefficient (Wildman–Crippen LogP) is 2.89. The molecule has 25 heavy (non-hydrogen) atoms. The van der Waals surface area contributed by atoms with Crippen LogP contribution < -0.4 is 0 Å². The standard InChI is InChI=1S/C19H17NO5/c1-11-7-13(11)10-25-19(23)12-4-5-15-16(8-12)18(22)20(17(15)21)9-14-3-2-6-24-14/h2-6,8,11,13H,7,9-10H2,1H3. The lowest BCUT2D eigenvalue weighted by Crippen LogP contribution is -2.28. The lowest BCUT2D eigenvalue weighted by atomic mass is 10.1. The number of imide groups is 1. The number of benzene rings is 1. The largest absolute Gasteiger partial charge is 0.467 e. The molecule has 6 heteroatoms. The molecule has 0 radical (unpaired) electrons. The third kappa shape index (κ3) is 2.84. The van der Waals surface area contributed by atoms with Crippen LogP contribution in [0.4, 0.5) is 0 Å². The number of fused-ring (bicyclic) bond motifs is 1. The fourth-order valence-corrected chi connectivity index (χ4v) is 3.02. The first-order valence-corrected chi connectivity index (χ1v) is 8.24. The van der Waals surface area contributed by atoms with E-state index in [-0.39, 0.29) is 23.6 Å². The highest BCUT2D eigenvalue weighted by Crippen LogP contribution is 2.37. The maximum Gasteiger partial charge on any atom is 0.338 e. The second kappa shape index (κ2) is 5.88. The molecule has 2 atom stereocenters. The summed E-state index contributed by atoms with van der Waals surface area (Å²) in [6.45, 7) is 2.58. The van der Waals surface area contributed by atoms with Gasteiger partial charge in [-0.25, -0.2) is 4.79 Å². The average molecular weight is 339 g/mol. The molecule has 2 heterocycles. The Morgan fingerprint density at radius 3 is 2.68 bits per heavy atom. The van der Waals surface area contributed by atoms with Gasteiger partial charge in [0.05, 0.1) is 36.1 Å². The molecule has 1 aliphatic heterocycles. The molecule has 1 aliphatic carbocycles. The average Bonchev–Trinajstić information content (AvgIpc) is 3.01. The van der Waals surface area contributed by atoms with Crippen LogP contribution >= 0.6 is 0 Å². The topological polar surface area (TPSA) is 76.8 Å². The van der Waals surface area contributed by atoms with Crippen LogP contribution in [0.3, 0.4) is 0 Å². The van der Waals surface area contributed by atoms with E-state index in [9.17, 15) is 14.4 Å². The van der Waals surface area contributed by atoms with Crippen molar-refractivity contribution in [1.82, 2.24) is 4.90 Å². The minimum atomic E-state index is -0.466. The van der Waals surface area contributed by atoms with Gasteiger partial charge in [0, 0.05) is 0 Å². The summed E-state index contributed by atoms with van der Waals surface area (Å²) in [4.78, 5) is 38.2. The summed E-state index contributed by atoms with van der Waals surface area (Å²) in [5, 5.41) is 0. The summed E-state index contributed by atoms with van der Waals surface area (Å²) >= 11 is 0. The van der Waals surface area contributed by atoms with E-state index in [1.54, 1.807) is 12.1 Å². The van der Waals surface area contributed by atoms with Crippen LogP contribution in [0.5, 0.6) is 0 Å². The monoisotopic (exact) mass is 339 g/mol. The summed E-state index contributed by atoms with van der Waals surface area (Å²) in [5.74, 6) is 0.275. The number of hydrogen-bond donors (Lipinski definition) is 0. The van der Waals surface area contributed by atoms with Gasteiger partial charge in [0.1, 0.15) is 5.76 Å². The van der Waals surface area contributed by atoms with Crippen molar-refractivity contribution in [2.24, 2.45) is 11.8 Å². The van der Waals surface area contributed by atoms with E-state index >= 15 is 0 Å². The van der Waals surface area contributed by atoms with Crippen molar-refractivity contribution in [3.63, 3.8) is 0 Å². The number of furan rings is 1. The molecule has 1 saturated carbocycles. The Kier molecular flexibility index (Phi) is 3.67. The van der Waals surface area contributed by atoms with Crippen molar-refractivity contribution in [2.75, 3.05) is 6.61 Å². The SMILES string of the molecule is CC1CC1COC(=O)c1ccc2c(c1)C(=O)N(Cc1ccco1)C2=O. The molecule has 0 saturated heterocycles. The van der Waals surface area contributed by atoms with Gasteiger partial charge in [-0.15, -0.1) is 0 Å². The summed E-state index contributed by atoms with van der Waals surface area (Å²) in [6, 6.07) is 7.87. The molecule has 0 bridgehead atoms. The van der Waals surface area contributed by atoms with E-state index in [0.29, 0.717) is 29.8 Å². The maximum atomic E-state index is 12.5. The van der Waals surface area contributed by atoms with Crippen molar-refractivity contribution in [3.05, 3.63) is 59.0 Å². The maximum absolute atomic E-state index is 12.5. The molecular formula is C19H17NO5. The van der Waals surface area contributed by atoms with E-state index in [4.69, 9.17) is 9.15 Å². The summed E-state index contributed by atoms with van der Waals surface area (Å²) < 4.78 is 10.5. The number of hydrogen-bond acceptors (Lipinski definition) is 5. The number of amides is 2. The molecule has 2 unspecified atom stereocenters. The summed E-state index contributed by atoms with van der Waals surface area (Å²) in [5.41, 5.74) is 0.808. The number of carbonyl (C=O) groups excluding carboxylic acids is 3. The minimum Gasteiger partial charge on any atom is -0.467 e. The zero-order chi connectivity index (χ0) is 17.6. The predicted molar refractivity (Wildman–Crippen MR) is 86.9 cm³/mol. The quantitative estimate of drug-likeness (QED) is 0.618. The molecule has 128 valence electrons. The highest BCUT2D eigenvalue weighted by molar-refractivity contribution is 6.21. The number of ether oxygens (including phenoxy) is 1. The Hall–Kier alpha value is -2.89. The zero-order valence-corrected chi connectivity index (χ0v) is 13.7. The third-order valence-corrected chi connectivity index (χ3v) is 4.81. The smallest absolute Gasteiger partial charge is 0.338 e. The zero-order valence-electron chi connectivity index (χ0n) is 13.7. The van der Waals surface area contributed by atoms with Gasteiger partial charge >= 0.3 is 5.97 Å². The summed E-state index contributed by atoms with van der Waals surface area (Å²) in [6.07, 6.45) is 2.56. The summed E-state index contributed by atoms with van der Waals surface area (Å²) in [7, 11) is 0. The van der Waals surface area contributed by atoms with E-state index in [1.807, 2.05) is 0 Å². The van der Waals surface area contributed by atoms with E-state index in [1.165, 1.54) is 24.5 Å². The van der Waals surface area contributed by atoms with Crippen LogP contribution in [0, 0.1) is 11.8 Å². The van der Waals surface area contributed by atoms with Crippen LogP contribution in [0.15, 0.2) is 41.0 Å². The van der Waals surface area contributed by atoms with Crippen molar-refractivity contribution in [1.29, 1.82) is 0 Å². The number of rotatable bonds is 5. The van der Waals surface area contributed by atoms with Gasteiger partial charge in [0.15, 0.2) is 0 Å². The lowest BCUT2D eigenvalue weighted by Gasteiger charge is -2.11. The molecule has 6 nitrogen and oxygen atoms in total. The van der Waals surface area contributed by atoms with Crippen LogP contribution in [0.1, 0.15) is 50.2 Å². The van der Waals surface area contributed by atoms with E-state index in [0.717, 1.165) is 11.3 Å². The first-order chi connectivity index (χ1) is 12.0. The molecule has 0 spiro atoms. The van der Waals surface area contributed by atoms with Gasteiger partial charge < -0.3 is 9.15 Å². The fourth-order valence-electron chi connectivity index (χ4n) is 3.02. The number of nitrogens with zero attached hydrogens (tertiary/aromatic N) is 1. The second-order valence-electron chi connectivity index (χ2n) is 6.61. The van der Waals surface area contributed by atoms with Crippen LogP contribution in [-0.2, 0) is 11.3 Å². The number of carbonyl (C=O) groups is 3. The highest BCUT2D eigenvalue weighted by Gasteiger charge is 2.37. The third-order valence-electron chi connectivity index (χ3n) is 4.81. The Balaban J connectivity index is 1.51. The minimum absolute atomic E-state index is 0.0681.